The molecule has 1 aliphatic rings. The number of H-pyrrole nitrogens is 1. The lowest BCUT2D eigenvalue weighted by Crippen LogP contribution is -2.34. The van der Waals surface area contributed by atoms with E-state index in [9.17, 15) is 17.6 Å². The van der Waals surface area contributed by atoms with E-state index in [0.717, 1.165) is 53.7 Å². The van der Waals surface area contributed by atoms with Gasteiger partial charge in [0.1, 0.15) is 23.3 Å². The van der Waals surface area contributed by atoms with E-state index in [1.165, 1.54) is 13.2 Å². The number of rotatable bonds is 9. The molecule has 1 saturated heterocycles. The molecule has 2 aromatic carbocycles. The number of piperidine rings is 1. The molecular weight excluding hydrogens is 540 g/mol. The number of hydrogen-bond donors (Lipinski definition) is 3. The minimum absolute atomic E-state index is 0.00121. The molecule has 3 heterocycles. The molecule has 5 rings (SSSR count). The molecule has 1 fully saturated rings. The molecule has 3 N–H and O–H groups in total. The number of nitrogens with zero attached hydrogens (tertiary/aromatic N) is 2. The van der Waals surface area contributed by atoms with Crippen molar-refractivity contribution in [2.75, 3.05) is 31.4 Å². The Labute approximate surface area is 230 Å². The Morgan fingerprint density at radius 3 is 2.55 bits per heavy atom. The van der Waals surface area contributed by atoms with Crippen LogP contribution in [0.25, 0.3) is 22.2 Å². The van der Waals surface area contributed by atoms with Crippen molar-refractivity contribution in [1.29, 1.82) is 0 Å². The molecule has 0 unspecified atom stereocenters. The zero-order valence-corrected chi connectivity index (χ0v) is 22.8. The molecule has 0 amide bonds. The van der Waals surface area contributed by atoms with E-state index in [1.54, 1.807) is 19.2 Å². The molecule has 0 spiro atoms. The molecule has 0 saturated carbocycles. The SMILES string of the molecule is CCN(C)S(=O)(=O)Nc1ccc(F)c(C(=O)c2c[nH]c3ncc(-c4ccc(OC5CCNCC5)cc4)cc23)c1F. The van der Waals surface area contributed by atoms with Gasteiger partial charge in [0.15, 0.2) is 5.82 Å². The molecule has 40 heavy (non-hydrogen) atoms. The number of carbonyl (C=O) groups is 1. The monoisotopic (exact) mass is 569 g/mol. The Morgan fingerprint density at radius 2 is 1.85 bits per heavy atom. The second-order valence-electron chi connectivity index (χ2n) is 9.55. The highest BCUT2D eigenvalue weighted by Crippen LogP contribution is 2.30. The quantitative estimate of drug-likeness (QED) is 0.256. The van der Waals surface area contributed by atoms with Gasteiger partial charge in [0.05, 0.1) is 11.3 Å². The Balaban J connectivity index is 1.44. The van der Waals surface area contributed by atoms with E-state index >= 15 is 4.39 Å². The van der Waals surface area contributed by atoms with Gasteiger partial charge in [-0.25, -0.2) is 13.8 Å². The number of anilines is 1. The minimum Gasteiger partial charge on any atom is -0.490 e. The maximum Gasteiger partial charge on any atom is 0.301 e. The molecule has 9 nitrogen and oxygen atoms in total. The number of pyridine rings is 1. The van der Waals surface area contributed by atoms with Gasteiger partial charge in [0, 0.05) is 42.5 Å². The fourth-order valence-corrected chi connectivity index (χ4v) is 5.47. The molecule has 2 aromatic heterocycles. The van der Waals surface area contributed by atoms with Crippen LogP contribution in [-0.4, -0.2) is 61.3 Å². The zero-order valence-electron chi connectivity index (χ0n) is 22.0. The second-order valence-corrected chi connectivity index (χ2v) is 11.3. The summed E-state index contributed by atoms with van der Waals surface area (Å²) < 4.78 is 64.0. The molecule has 1 aliphatic heterocycles. The van der Waals surface area contributed by atoms with E-state index in [1.807, 2.05) is 24.3 Å². The minimum atomic E-state index is -4.10. The highest BCUT2D eigenvalue weighted by molar-refractivity contribution is 7.90. The molecule has 0 radical (unpaired) electrons. The third-order valence-electron chi connectivity index (χ3n) is 6.97. The van der Waals surface area contributed by atoms with Crippen molar-refractivity contribution < 1.29 is 26.7 Å². The van der Waals surface area contributed by atoms with Gasteiger partial charge in [-0.15, -0.1) is 0 Å². The summed E-state index contributed by atoms with van der Waals surface area (Å²) in [5.41, 5.74) is 0.472. The second kappa shape index (κ2) is 11.3. The van der Waals surface area contributed by atoms with Crippen molar-refractivity contribution in [3.63, 3.8) is 0 Å². The third kappa shape index (κ3) is 5.55. The number of carbonyl (C=O) groups excluding carboxylic acids is 1. The maximum atomic E-state index is 15.4. The van der Waals surface area contributed by atoms with E-state index in [2.05, 4.69) is 20.0 Å². The number of hydrogen-bond acceptors (Lipinski definition) is 6. The lowest BCUT2D eigenvalue weighted by Gasteiger charge is -2.23. The summed E-state index contributed by atoms with van der Waals surface area (Å²) in [6.07, 6.45) is 5.02. The predicted molar refractivity (Wildman–Crippen MR) is 149 cm³/mol. The van der Waals surface area contributed by atoms with Crippen LogP contribution in [0.1, 0.15) is 35.7 Å². The Kier molecular flexibility index (Phi) is 7.83. The summed E-state index contributed by atoms with van der Waals surface area (Å²) in [5, 5.41) is 3.67. The van der Waals surface area contributed by atoms with Crippen LogP contribution in [0.2, 0.25) is 0 Å². The third-order valence-corrected chi connectivity index (χ3v) is 8.52. The Hall–Kier alpha value is -3.87. The first kappa shape index (κ1) is 27.7. The number of ketones is 1. The number of ether oxygens (including phenoxy) is 1. The molecule has 210 valence electrons. The highest BCUT2D eigenvalue weighted by atomic mass is 32.2. The van der Waals surface area contributed by atoms with E-state index in [0.29, 0.717) is 16.6 Å². The van der Waals surface area contributed by atoms with E-state index in [-0.39, 0.29) is 18.2 Å². The van der Waals surface area contributed by atoms with Gasteiger partial charge < -0.3 is 15.0 Å². The summed E-state index contributed by atoms with van der Waals surface area (Å²) in [6, 6.07) is 11.0. The van der Waals surface area contributed by atoms with Gasteiger partial charge in [-0.1, -0.05) is 19.1 Å². The average Bonchev–Trinajstić information content (AvgIpc) is 3.38. The topological polar surface area (TPSA) is 116 Å². The van der Waals surface area contributed by atoms with Crippen LogP contribution < -0.4 is 14.8 Å². The van der Waals surface area contributed by atoms with Crippen molar-refractivity contribution in [2.45, 2.75) is 25.9 Å². The van der Waals surface area contributed by atoms with Crippen LogP contribution in [0.15, 0.2) is 54.9 Å². The highest BCUT2D eigenvalue weighted by Gasteiger charge is 2.27. The lowest BCUT2D eigenvalue weighted by molar-refractivity contribution is 0.103. The van der Waals surface area contributed by atoms with Crippen LogP contribution in [-0.2, 0) is 10.2 Å². The van der Waals surface area contributed by atoms with Gasteiger partial charge in [-0.2, -0.15) is 12.7 Å². The number of aromatic nitrogens is 2. The van der Waals surface area contributed by atoms with Crippen LogP contribution in [0.4, 0.5) is 14.5 Å². The summed E-state index contributed by atoms with van der Waals surface area (Å²) in [5.74, 6) is -2.61. The van der Waals surface area contributed by atoms with Gasteiger partial charge >= 0.3 is 10.2 Å². The zero-order chi connectivity index (χ0) is 28.4. The Morgan fingerprint density at radius 1 is 1.12 bits per heavy atom. The number of nitrogens with one attached hydrogen (secondary N) is 3. The van der Waals surface area contributed by atoms with Crippen LogP contribution in [0.5, 0.6) is 5.75 Å². The van der Waals surface area contributed by atoms with E-state index in [4.69, 9.17) is 4.74 Å². The standard InChI is InChI=1S/C28H29F2N5O4S/c1-3-35(2)40(37,38)34-24-9-8-23(29)25(26(24)30)27(36)22-16-33-28-21(22)14-18(15-32-28)17-4-6-19(7-5-17)39-20-10-12-31-13-11-20/h4-9,14-16,20,31,34H,3,10-13H2,1-2H3,(H,32,33). The molecule has 4 aromatic rings. The number of fused-ring (bicyclic) bond motifs is 1. The fourth-order valence-electron chi connectivity index (χ4n) is 4.54. The van der Waals surface area contributed by atoms with Gasteiger partial charge in [-0.3, -0.25) is 9.52 Å². The number of aromatic amines is 1. The molecular formula is C28H29F2N5O4S. The number of benzene rings is 2. The average molecular weight is 570 g/mol. The van der Waals surface area contributed by atoms with Crippen LogP contribution in [0.3, 0.4) is 0 Å². The first-order valence-corrected chi connectivity index (χ1v) is 14.3. The first-order valence-electron chi connectivity index (χ1n) is 12.9. The van der Waals surface area contributed by atoms with Crippen molar-refractivity contribution in [3.8, 4) is 16.9 Å². The van der Waals surface area contributed by atoms with Gasteiger partial charge in [-0.05, 0) is 61.8 Å². The molecule has 0 bridgehead atoms. The fraction of sp³-hybridized carbons (Fsp3) is 0.286. The molecule has 12 heteroatoms. The Bertz CT molecular complexity index is 1650. The normalized spacial score (nSPS) is 14.5. The number of halogens is 2. The first-order chi connectivity index (χ1) is 19.2. The van der Waals surface area contributed by atoms with Crippen molar-refractivity contribution >= 4 is 32.7 Å². The predicted octanol–water partition coefficient (Wildman–Crippen LogP) is 4.48. The van der Waals surface area contributed by atoms with Gasteiger partial charge in [0.2, 0.25) is 5.78 Å². The molecule has 0 aliphatic carbocycles. The van der Waals surface area contributed by atoms with Crippen LogP contribution >= 0.6 is 0 Å². The van der Waals surface area contributed by atoms with Gasteiger partial charge in [0.25, 0.3) is 0 Å². The van der Waals surface area contributed by atoms with Crippen molar-refractivity contribution in [3.05, 3.63) is 77.6 Å². The van der Waals surface area contributed by atoms with Crippen LogP contribution in [0, 0.1) is 11.6 Å². The summed E-state index contributed by atoms with van der Waals surface area (Å²) >= 11 is 0. The molecule has 0 atom stereocenters. The summed E-state index contributed by atoms with van der Waals surface area (Å²) in [6.45, 7) is 3.58. The summed E-state index contributed by atoms with van der Waals surface area (Å²) in [4.78, 5) is 20.7. The lowest BCUT2D eigenvalue weighted by atomic mass is 10.00. The largest absolute Gasteiger partial charge is 0.490 e. The summed E-state index contributed by atoms with van der Waals surface area (Å²) in [7, 11) is -2.79. The smallest absolute Gasteiger partial charge is 0.301 e. The van der Waals surface area contributed by atoms with Crippen molar-refractivity contribution in [1.82, 2.24) is 19.6 Å². The maximum absolute atomic E-state index is 15.4. The van der Waals surface area contributed by atoms with Crippen molar-refractivity contribution in [2.24, 2.45) is 0 Å². The van der Waals surface area contributed by atoms with E-state index < -0.39 is 38.9 Å².